The molecule has 1 fully saturated rings. The van der Waals surface area contributed by atoms with E-state index >= 15 is 0 Å². The van der Waals surface area contributed by atoms with Gasteiger partial charge in [0, 0.05) is 25.4 Å². The molecule has 19 heavy (non-hydrogen) atoms. The van der Waals surface area contributed by atoms with Crippen LogP contribution in [0, 0.1) is 5.41 Å². The van der Waals surface area contributed by atoms with Crippen molar-refractivity contribution < 1.29 is 9.62 Å². The summed E-state index contributed by atoms with van der Waals surface area (Å²) in [5.41, 5.74) is 5.81. The van der Waals surface area contributed by atoms with Crippen LogP contribution in [0.2, 0.25) is 0 Å². The Morgan fingerprint density at radius 2 is 2.42 bits per heavy atom. The van der Waals surface area contributed by atoms with E-state index in [0.717, 1.165) is 38.0 Å². The van der Waals surface area contributed by atoms with E-state index in [4.69, 9.17) is 15.4 Å². The number of hydrogen-bond donors (Lipinski definition) is 3. The first-order valence-corrected chi connectivity index (χ1v) is 6.86. The Bertz CT molecular complexity index is 410. The Morgan fingerprint density at radius 3 is 3.00 bits per heavy atom. The van der Waals surface area contributed by atoms with Crippen molar-refractivity contribution in [2.45, 2.75) is 45.1 Å². The highest BCUT2D eigenvalue weighted by Crippen LogP contribution is 2.48. The highest BCUT2D eigenvalue weighted by atomic mass is 16.4. The number of oxime groups is 1. The van der Waals surface area contributed by atoms with E-state index in [9.17, 15) is 0 Å². The Hall–Kier alpha value is -1.49. The van der Waals surface area contributed by atoms with Crippen LogP contribution in [0.4, 0.5) is 0 Å². The second-order valence-corrected chi connectivity index (χ2v) is 5.67. The van der Waals surface area contributed by atoms with Gasteiger partial charge in [0.2, 0.25) is 0 Å². The van der Waals surface area contributed by atoms with Crippen LogP contribution < -0.4 is 11.1 Å². The minimum Gasteiger partial charge on any atom is -0.469 e. The zero-order chi connectivity index (χ0) is 13.7. The largest absolute Gasteiger partial charge is 0.469 e. The second-order valence-electron chi connectivity index (χ2n) is 5.67. The maximum absolute atomic E-state index is 8.63. The number of aryl methyl sites for hydroxylation is 1. The van der Waals surface area contributed by atoms with Gasteiger partial charge in [-0.25, -0.2) is 0 Å². The SMILES string of the molecule is CC(CCc1ccco1)NCC1(CC(N)=NO)CC1. The number of nitrogens with zero attached hydrogens (tertiary/aromatic N) is 1. The van der Waals surface area contributed by atoms with Crippen molar-refractivity contribution in [2.75, 3.05) is 6.54 Å². The molecular weight excluding hydrogens is 242 g/mol. The van der Waals surface area contributed by atoms with E-state index in [2.05, 4.69) is 17.4 Å². The second kappa shape index (κ2) is 6.10. The maximum Gasteiger partial charge on any atom is 0.139 e. The minimum absolute atomic E-state index is 0.218. The van der Waals surface area contributed by atoms with Gasteiger partial charge in [-0.1, -0.05) is 5.16 Å². The standard InChI is InChI=1S/C14H23N3O2/c1-11(4-5-12-3-2-8-19-12)16-10-14(6-7-14)9-13(15)17-18/h2-3,8,11,16,18H,4-7,9-10H2,1H3,(H2,15,17). The van der Waals surface area contributed by atoms with Gasteiger partial charge in [-0.05, 0) is 43.7 Å². The molecule has 0 amide bonds. The van der Waals surface area contributed by atoms with Gasteiger partial charge in [-0.3, -0.25) is 0 Å². The molecule has 1 heterocycles. The number of hydrogen-bond acceptors (Lipinski definition) is 4. The molecule has 0 spiro atoms. The van der Waals surface area contributed by atoms with E-state index in [-0.39, 0.29) is 5.41 Å². The molecule has 2 rings (SSSR count). The molecule has 1 aromatic rings. The molecule has 1 aliphatic rings. The van der Waals surface area contributed by atoms with Crippen molar-refractivity contribution in [3.05, 3.63) is 24.2 Å². The van der Waals surface area contributed by atoms with Crippen LogP contribution in [0.1, 0.15) is 38.4 Å². The van der Waals surface area contributed by atoms with Crippen molar-refractivity contribution >= 4 is 5.84 Å². The quantitative estimate of drug-likeness (QED) is 0.291. The van der Waals surface area contributed by atoms with Gasteiger partial charge in [-0.15, -0.1) is 0 Å². The molecule has 1 saturated carbocycles. The average molecular weight is 265 g/mol. The monoisotopic (exact) mass is 265 g/mol. The summed E-state index contributed by atoms with van der Waals surface area (Å²) >= 11 is 0. The fraction of sp³-hybridized carbons (Fsp3) is 0.643. The van der Waals surface area contributed by atoms with E-state index in [1.807, 2.05) is 12.1 Å². The van der Waals surface area contributed by atoms with Gasteiger partial charge in [0.05, 0.1) is 6.26 Å². The van der Waals surface area contributed by atoms with Crippen molar-refractivity contribution in [1.82, 2.24) is 5.32 Å². The van der Waals surface area contributed by atoms with Crippen molar-refractivity contribution in [1.29, 1.82) is 0 Å². The van der Waals surface area contributed by atoms with Gasteiger partial charge in [0.25, 0.3) is 0 Å². The summed E-state index contributed by atoms with van der Waals surface area (Å²) in [6.45, 7) is 3.12. The van der Waals surface area contributed by atoms with Crippen molar-refractivity contribution in [3.8, 4) is 0 Å². The summed E-state index contributed by atoms with van der Waals surface area (Å²) in [6.07, 6.45) is 6.70. The Kier molecular flexibility index (Phi) is 4.47. The van der Waals surface area contributed by atoms with Gasteiger partial charge in [0.15, 0.2) is 0 Å². The molecule has 1 aromatic heterocycles. The van der Waals surface area contributed by atoms with E-state index in [1.165, 1.54) is 0 Å². The smallest absolute Gasteiger partial charge is 0.139 e. The van der Waals surface area contributed by atoms with Crippen LogP contribution in [0.5, 0.6) is 0 Å². The molecule has 5 nitrogen and oxygen atoms in total. The van der Waals surface area contributed by atoms with Crippen LogP contribution >= 0.6 is 0 Å². The van der Waals surface area contributed by atoms with E-state index < -0.39 is 0 Å². The first-order chi connectivity index (χ1) is 9.13. The molecule has 0 bridgehead atoms. The molecule has 5 heteroatoms. The molecule has 1 aliphatic carbocycles. The maximum atomic E-state index is 8.63. The third-order valence-electron chi connectivity index (χ3n) is 3.87. The van der Waals surface area contributed by atoms with Gasteiger partial charge < -0.3 is 20.7 Å². The normalized spacial score (nSPS) is 19.3. The summed E-state index contributed by atoms with van der Waals surface area (Å²) in [6, 6.07) is 4.37. The highest BCUT2D eigenvalue weighted by molar-refractivity contribution is 5.80. The van der Waals surface area contributed by atoms with Gasteiger partial charge in [-0.2, -0.15) is 0 Å². The van der Waals surface area contributed by atoms with Crippen LogP contribution in [0.25, 0.3) is 0 Å². The lowest BCUT2D eigenvalue weighted by Gasteiger charge is -2.19. The van der Waals surface area contributed by atoms with Crippen molar-refractivity contribution in [2.24, 2.45) is 16.3 Å². The molecular formula is C14H23N3O2. The van der Waals surface area contributed by atoms with Crippen LogP contribution in [-0.4, -0.2) is 23.6 Å². The van der Waals surface area contributed by atoms with Crippen molar-refractivity contribution in [3.63, 3.8) is 0 Å². The molecule has 1 unspecified atom stereocenters. The first kappa shape index (κ1) is 13.9. The fourth-order valence-electron chi connectivity index (χ4n) is 2.32. The molecule has 4 N–H and O–H groups in total. The molecule has 0 saturated heterocycles. The predicted octanol–water partition coefficient (Wildman–Crippen LogP) is 2.11. The molecule has 0 radical (unpaired) electrons. The molecule has 0 aliphatic heterocycles. The fourth-order valence-corrected chi connectivity index (χ4v) is 2.32. The Balaban J connectivity index is 1.67. The highest BCUT2D eigenvalue weighted by Gasteiger charge is 2.43. The predicted molar refractivity (Wildman–Crippen MR) is 74.2 cm³/mol. The zero-order valence-electron chi connectivity index (χ0n) is 11.4. The number of nitrogens with two attached hydrogens (primary N) is 1. The Morgan fingerprint density at radius 1 is 1.63 bits per heavy atom. The summed E-state index contributed by atoms with van der Waals surface area (Å²) in [5, 5.41) is 15.2. The van der Waals surface area contributed by atoms with Gasteiger partial charge >= 0.3 is 0 Å². The number of furan rings is 1. The summed E-state index contributed by atoms with van der Waals surface area (Å²) in [4.78, 5) is 0. The summed E-state index contributed by atoms with van der Waals surface area (Å²) in [7, 11) is 0. The number of nitrogens with one attached hydrogen (secondary N) is 1. The Labute approximate surface area is 113 Å². The topological polar surface area (TPSA) is 83.8 Å². The third kappa shape index (κ3) is 4.28. The number of amidine groups is 1. The lowest BCUT2D eigenvalue weighted by atomic mass is 10.0. The lowest BCUT2D eigenvalue weighted by molar-refractivity contribution is 0.313. The summed E-state index contributed by atoms with van der Waals surface area (Å²) < 4.78 is 5.32. The molecule has 106 valence electrons. The van der Waals surface area contributed by atoms with Gasteiger partial charge in [0.1, 0.15) is 11.6 Å². The van der Waals surface area contributed by atoms with E-state index in [1.54, 1.807) is 6.26 Å². The molecule has 1 atom stereocenters. The zero-order valence-corrected chi connectivity index (χ0v) is 11.4. The minimum atomic E-state index is 0.218. The summed E-state index contributed by atoms with van der Waals surface area (Å²) in [5.74, 6) is 1.37. The van der Waals surface area contributed by atoms with Crippen LogP contribution in [-0.2, 0) is 6.42 Å². The third-order valence-corrected chi connectivity index (χ3v) is 3.87. The first-order valence-electron chi connectivity index (χ1n) is 6.86. The van der Waals surface area contributed by atoms with E-state index in [0.29, 0.717) is 18.3 Å². The molecule has 0 aromatic carbocycles. The number of rotatable bonds is 8. The lowest BCUT2D eigenvalue weighted by Crippen LogP contribution is -2.34. The van der Waals surface area contributed by atoms with Crippen LogP contribution in [0.3, 0.4) is 0 Å². The van der Waals surface area contributed by atoms with Crippen LogP contribution in [0.15, 0.2) is 28.0 Å². The average Bonchev–Trinajstić information content (AvgIpc) is 2.97.